The Morgan fingerprint density at radius 2 is 2.21 bits per heavy atom. The van der Waals surface area contributed by atoms with Gasteiger partial charge in [0.1, 0.15) is 12.5 Å². The lowest BCUT2D eigenvalue weighted by molar-refractivity contribution is -0.135. The summed E-state index contributed by atoms with van der Waals surface area (Å²) < 4.78 is 0. The molecule has 0 radical (unpaired) electrons. The van der Waals surface area contributed by atoms with E-state index in [0.717, 1.165) is 0 Å². The van der Waals surface area contributed by atoms with Gasteiger partial charge in [-0.1, -0.05) is 11.8 Å². The lowest BCUT2D eigenvalue weighted by Crippen LogP contribution is -1.90. The number of carboxylic acids is 1. The van der Waals surface area contributed by atoms with Crippen LogP contribution in [0, 0.1) is 23.2 Å². The predicted molar refractivity (Wildman–Crippen MR) is 48.1 cm³/mol. The lowest BCUT2D eigenvalue weighted by atomic mass is 10.2. The van der Waals surface area contributed by atoms with Crippen LogP contribution >= 0.6 is 0 Å². The van der Waals surface area contributed by atoms with Gasteiger partial charge in [0.05, 0.1) is 5.56 Å². The van der Waals surface area contributed by atoms with Crippen molar-refractivity contribution in [2.45, 2.75) is 6.42 Å². The molecule has 0 spiro atoms. The third-order valence-electron chi connectivity index (χ3n) is 1.34. The summed E-state index contributed by atoms with van der Waals surface area (Å²) in [7, 11) is 0. The smallest absolute Gasteiger partial charge is 0.315 e. The molecule has 14 heavy (non-hydrogen) atoms. The fraction of sp³-hybridized carbons (Fsp3) is 0.100. The predicted octanol–water partition coefficient (Wildman–Crippen LogP) is 0.779. The molecule has 0 bridgehead atoms. The van der Waals surface area contributed by atoms with Crippen molar-refractivity contribution in [2.75, 3.05) is 0 Å². The first-order chi connectivity index (χ1) is 6.72. The van der Waals surface area contributed by atoms with Crippen molar-refractivity contribution in [3.05, 3.63) is 29.6 Å². The van der Waals surface area contributed by atoms with Crippen LogP contribution < -0.4 is 0 Å². The second-order valence-electron chi connectivity index (χ2n) is 2.45. The first-order valence-corrected chi connectivity index (χ1v) is 3.78. The maximum atomic E-state index is 10.1. The first-order valence-electron chi connectivity index (χ1n) is 3.78. The van der Waals surface area contributed by atoms with Gasteiger partial charge in [-0.2, -0.15) is 5.26 Å². The summed E-state index contributed by atoms with van der Waals surface area (Å²) in [6.07, 6.45) is 2.69. The molecule has 0 aliphatic rings. The SMILES string of the molecule is N#Cc1cncc(C#CCC(=O)O)c1. The molecule has 0 unspecified atom stereocenters. The van der Waals surface area contributed by atoms with Crippen molar-refractivity contribution in [1.29, 1.82) is 5.26 Å². The molecule has 0 aliphatic carbocycles. The molecule has 1 aromatic heterocycles. The summed E-state index contributed by atoms with van der Waals surface area (Å²) in [6, 6.07) is 3.48. The van der Waals surface area contributed by atoms with Gasteiger partial charge in [0.2, 0.25) is 0 Å². The Morgan fingerprint density at radius 1 is 1.50 bits per heavy atom. The minimum absolute atomic E-state index is 0.212. The summed E-state index contributed by atoms with van der Waals surface area (Å²) in [6.45, 7) is 0. The second-order valence-corrected chi connectivity index (χ2v) is 2.45. The van der Waals surface area contributed by atoms with E-state index in [1.807, 2.05) is 6.07 Å². The Hall–Kier alpha value is -2.33. The number of pyridine rings is 1. The normalized spacial score (nSPS) is 8.21. The molecule has 4 heteroatoms. The van der Waals surface area contributed by atoms with Gasteiger partial charge in [-0.05, 0) is 6.07 Å². The van der Waals surface area contributed by atoms with Crippen molar-refractivity contribution < 1.29 is 9.90 Å². The van der Waals surface area contributed by atoms with Crippen LogP contribution in [-0.2, 0) is 4.79 Å². The molecule has 1 N–H and O–H groups in total. The third-order valence-corrected chi connectivity index (χ3v) is 1.34. The van der Waals surface area contributed by atoms with E-state index < -0.39 is 5.97 Å². The van der Waals surface area contributed by atoms with Gasteiger partial charge in [0.25, 0.3) is 0 Å². The van der Waals surface area contributed by atoms with Crippen LogP contribution in [-0.4, -0.2) is 16.1 Å². The van der Waals surface area contributed by atoms with Crippen LogP contribution in [0.25, 0.3) is 0 Å². The van der Waals surface area contributed by atoms with E-state index in [4.69, 9.17) is 10.4 Å². The molecular weight excluding hydrogens is 180 g/mol. The molecular formula is C10H6N2O2. The van der Waals surface area contributed by atoms with E-state index in [9.17, 15) is 4.79 Å². The number of nitriles is 1. The number of hydrogen-bond donors (Lipinski definition) is 1. The Bertz CT molecular complexity index is 449. The Labute approximate surface area is 80.8 Å². The van der Waals surface area contributed by atoms with Gasteiger partial charge in [-0.3, -0.25) is 9.78 Å². The van der Waals surface area contributed by atoms with Gasteiger partial charge in [-0.15, -0.1) is 0 Å². The van der Waals surface area contributed by atoms with E-state index in [0.29, 0.717) is 11.1 Å². The largest absolute Gasteiger partial charge is 0.481 e. The maximum Gasteiger partial charge on any atom is 0.315 e. The maximum absolute atomic E-state index is 10.1. The molecule has 0 aliphatic heterocycles. The quantitative estimate of drug-likeness (QED) is 0.657. The average Bonchev–Trinajstić information content (AvgIpc) is 2.18. The van der Waals surface area contributed by atoms with Gasteiger partial charge >= 0.3 is 5.97 Å². The highest BCUT2D eigenvalue weighted by atomic mass is 16.4. The van der Waals surface area contributed by atoms with Crippen molar-refractivity contribution in [3.8, 4) is 17.9 Å². The highest BCUT2D eigenvalue weighted by Gasteiger charge is 1.92. The highest BCUT2D eigenvalue weighted by Crippen LogP contribution is 1.99. The molecule has 4 nitrogen and oxygen atoms in total. The fourth-order valence-electron chi connectivity index (χ4n) is 0.791. The number of hydrogen-bond acceptors (Lipinski definition) is 3. The minimum Gasteiger partial charge on any atom is -0.481 e. The minimum atomic E-state index is -0.970. The van der Waals surface area contributed by atoms with Crippen LogP contribution in [0.1, 0.15) is 17.5 Å². The summed E-state index contributed by atoms with van der Waals surface area (Å²) in [5.74, 6) is 4.09. The van der Waals surface area contributed by atoms with Gasteiger partial charge < -0.3 is 5.11 Å². The van der Waals surface area contributed by atoms with Gasteiger partial charge in [0, 0.05) is 18.0 Å². The summed E-state index contributed by atoms with van der Waals surface area (Å²) in [5, 5.41) is 16.9. The monoisotopic (exact) mass is 186 g/mol. The number of aliphatic carboxylic acids is 1. The average molecular weight is 186 g/mol. The second kappa shape index (κ2) is 4.64. The zero-order chi connectivity index (χ0) is 10.4. The Morgan fingerprint density at radius 3 is 2.86 bits per heavy atom. The van der Waals surface area contributed by atoms with Crippen LogP contribution in [0.3, 0.4) is 0 Å². The number of carbonyl (C=O) groups is 1. The summed E-state index contributed by atoms with van der Waals surface area (Å²) >= 11 is 0. The van der Waals surface area contributed by atoms with Gasteiger partial charge in [-0.25, -0.2) is 0 Å². The van der Waals surface area contributed by atoms with Crippen LogP contribution in [0.5, 0.6) is 0 Å². The molecule has 0 amide bonds. The number of aromatic nitrogens is 1. The molecule has 0 saturated heterocycles. The molecule has 1 aromatic rings. The number of nitrogens with zero attached hydrogens (tertiary/aromatic N) is 2. The molecule has 1 heterocycles. The first kappa shape index (κ1) is 9.76. The molecule has 0 fully saturated rings. The lowest BCUT2D eigenvalue weighted by Gasteiger charge is -1.89. The van der Waals surface area contributed by atoms with Crippen molar-refractivity contribution >= 4 is 5.97 Å². The van der Waals surface area contributed by atoms with Crippen molar-refractivity contribution in [1.82, 2.24) is 4.98 Å². The standard InChI is InChI=1S/C10H6N2O2/c11-5-9-4-8(6-12-7-9)2-1-3-10(13)14/h4,6-7H,3H2,(H,13,14). The molecule has 0 atom stereocenters. The highest BCUT2D eigenvalue weighted by molar-refractivity contribution is 5.70. The molecule has 1 rings (SSSR count). The zero-order valence-electron chi connectivity index (χ0n) is 7.19. The van der Waals surface area contributed by atoms with E-state index in [1.54, 1.807) is 6.07 Å². The zero-order valence-corrected chi connectivity index (χ0v) is 7.19. The third kappa shape index (κ3) is 2.96. The van der Waals surface area contributed by atoms with Crippen LogP contribution in [0.15, 0.2) is 18.5 Å². The fourth-order valence-corrected chi connectivity index (χ4v) is 0.791. The van der Waals surface area contributed by atoms with Crippen LogP contribution in [0.4, 0.5) is 0 Å². The van der Waals surface area contributed by atoms with Crippen LogP contribution in [0.2, 0.25) is 0 Å². The van der Waals surface area contributed by atoms with Crippen molar-refractivity contribution in [3.63, 3.8) is 0 Å². The molecule has 68 valence electrons. The van der Waals surface area contributed by atoms with E-state index in [2.05, 4.69) is 16.8 Å². The number of carboxylic acid groups (broad SMARTS) is 1. The Balaban J connectivity index is 2.80. The van der Waals surface area contributed by atoms with Crippen molar-refractivity contribution in [2.24, 2.45) is 0 Å². The summed E-state index contributed by atoms with van der Waals surface area (Å²) in [5.41, 5.74) is 0.956. The van der Waals surface area contributed by atoms with E-state index in [1.165, 1.54) is 12.4 Å². The Kier molecular flexibility index (Phi) is 3.23. The van der Waals surface area contributed by atoms with E-state index >= 15 is 0 Å². The van der Waals surface area contributed by atoms with E-state index in [-0.39, 0.29) is 6.42 Å². The summed E-state index contributed by atoms with van der Waals surface area (Å²) in [4.78, 5) is 13.9. The van der Waals surface area contributed by atoms with Gasteiger partial charge in [0.15, 0.2) is 0 Å². The molecule has 0 saturated carbocycles. The topological polar surface area (TPSA) is 74.0 Å². The molecule has 0 aromatic carbocycles. The number of rotatable bonds is 1.